The van der Waals surface area contributed by atoms with Crippen molar-refractivity contribution >= 4 is 5.97 Å². The number of carboxylic acids is 1. The molecule has 30 heavy (non-hydrogen) atoms. The molecular formula is C26H54NO3+. The zero-order valence-corrected chi connectivity index (χ0v) is 20.9. The van der Waals surface area contributed by atoms with Crippen molar-refractivity contribution in [2.75, 3.05) is 33.8 Å². The van der Waals surface area contributed by atoms with Crippen LogP contribution in [0.4, 0.5) is 0 Å². The second-order valence-corrected chi connectivity index (χ2v) is 9.80. The maximum atomic E-state index is 10.7. The fourth-order valence-corrected chi connectivity index (χ4v) is 4.33. The maximum absolute atomic E-state index is 10.7. The molecule has 0 aromatic heterocycles. The van der Waals surface area contributed by atoms with E-state index in [-0.39, 0.29) is 6.42 Å². The Morgan fingerprint density at radius 2 is 1.23 bits per heavy atom. The quantitative estimate of drug-likeness (QED) is 0.138. The Morgan fingerprint density at radius 1 is 0.767 bits per heavy atom. The van der Waals surface area contributed by atoms with Crippen LogP contribution < -0.4 is 0 Å². The normalized spacial score (nSPS) is 12.9. The summed E-state index contributed by atoms with van der Waals surface area (Å²) in [6, 6.07) is 0. The van der Waals surface area contributed by atoms with E-state index in [1.54, 1.807) is 0 Å². The summed E-state index contributed by atoms with van der Waals surface area (Å²) in [7, 11) is 4.39. The summed E-state index contributed by atoms with van der Waals surface area (Å²) in [5, 5.41) is 8.84. The van der Waals surface area contributed by atoms with E-state index < -0.39 is 5.97 Å². The average molecular weight is 429 g/mol. The van der Waals surface area contributed by atoms with Crippen molar-refractivity contribution in [3.8, 4) is 0 Å². The highest BCUT2D eigenvalue weighted by molar-refractivity contribution is 5.66. The van der Waals surface area contributed by atoms with Crippen LogP contribution in [0.1, 0.15) is 123 Å². The highest BCUT2D eigenvalue weighted by Gasteiger charge is 2.22. The lowest BCUT2D eigenvalue weighted by atomic mass is 10.0. The molecule has 1 N–H and O–H groups in total. The first-order valence-electron chi connectivity index (χ1n) is 13.1. The number of quaternary nitrogens is 1. The summed E-state index contributed by atoms with van der Waals surface area (Å²) in [6.07, 6.45) is 21.9. The minimum Gasteiger partial charge on any atom is -0.481 e. The number of aliphatic carboxylic acids is 1. The van der Waals surface area contributed by atoms with Crippen LogP contribution in [0.25, 0.3) is 0 Å². The van der Waals surface area contributed by atoms with Gasteiger partial charge >= 0.3 is 5.97 Å². The molecule has 0 radical (unpaired) electrons. The van der Waals surface area contributed by atoms with Crippen molar-refractivity contribution in [1.29, 1.82) is 0 Å². The first kappa shape index (κ1) is 29.4. The molecule has 4 nitrogen and oxygen atoms in total. The molecule has 0 aliphatic rings. The lowest BCUT2D eigenvalue weighted by molar-refractivity contribution is -0.893. The number of nitrogens with zero attached hydrogens (tertiary/aromatic N) is 1. The van der Waals surface area contributed by atoms with Gasteiger partial charge in [-0.05, 0) is 13.3 Å². The van der Waals surface area contributed by atoms with Crippen molar-refractivity contribution < 1.29 is 19.1 Å². The predicted octanol–water partition coefficient (Wildman–Crippen LogP) is 7.20. The van der Waals surface area contributed by atoms with Crippen molar-refractivity contribution in [1.82, 2.24) is 0 Å². The van der Waals surface area contributed by atoms with E-state index in [9.17, 15) is 4.79 Å². The first-order valence-corrected chi connectivity index (χ1v) is 13.1. The molecule has 0 saturated heterocycles. The molecule has 0 bridgehead atoms. The number of hydrogen-bond acceptors (Lipinski definition) is 2. The van der Waals surface area contributed by atoms with Crippen LogP contribution in [0.2, 0.25) is 0 Å². The van der Waals surface area contributed by atoms with Crippen LogP contribution in [0, 0.1) is 0 Å². The molecule has 0 aliphatic heterocycles. The Kier molecular flexibility index (Phi) is 19.9. The standard InChI is InChI=1S/C26H53NO3/c1-5-7-8-9-10-11-12-13-14-15-16-17-18-19-21-25(30-6-2)24-27(3,4)23-20-22-26(28)29/h25H,5-24H2,1-4H3/p+1. The van der Waals surface area contributed by atoms with Crippen molar-refractivity contribution in [3.05, 3.63) is 0 Å². The van der Waals surface area contributed by atoms with Crippen LogP contribution >= 0.6 is 0 Å². The topological polar surface area (TPSA) is 46.5 Å². The molecule has 0 saturated carbocycles. The van der Waals surface area contributed by atoms with Crippen LogP contribution in [-0.4, -0.2) is 55.5 Å². The van der Waals surface area contributed by atoms with Gasteiger partial charge in [0.2, 0.25) is 0 Å². The second-order valence-electron chi connectivity index (χ2n) is 9.80. The van der Waals surface area contributed by atoms with Gasteiger partial charge in [0.15, 0.2) is 0 Å². The minimum atomic E-state index is -0.696. The van der Waals surface area contributed by atoms with E-state index >= 15 is 0 Å². The van der Waals surface area contributed by atoms with E-state index in [0.717, 1.165) is 37.0 Å². The molecule has 0 aromatic carbocycles. The predicted molar refractivity (Wildman–Crippen MR) is 129 cm³/mol. The lowest BCUT2D eigenvalue weighted by Crippen LogP contribution is -2.46. The summed E-state index contributed by atoms with van der Waals surface area (Å²) in [5.41, 5.74) is 0. The number of likely N-dealkylation sites (N-methyl/N-ethyl adjacent to an activating group) is 1. The average Bonchev–Trinajstić information content (AvgIpc) is 2.67. The van der Waals surface area contributed by atoms with Gasteiger partial charge in [0.05, 0.1) is 27.1 Å². The van der Waals surface area contributed by atoms with Crippen LogP contribution in [0.3, 0.4) is 0 Å². The lowest BCUT2D eigenvalue weighted by Gasteiger charge is -2.33. The third-order valence-corrected chi connectivity index (χ3v) is 6.13. The molecule has 1 unspecified atom stereocenters. The number of hydrogen-bond donors (Lipinski definition) is 1. The monoisotopic (exact) mass is 428 g/mol. The van der Waals surface area contributed by atoms with Gasteiger partial charge in [-0.25, -0.2) is 0 Å². The number of unbranched alkanes of at least 4 members (excludes halogenated alkanes) is 13. The second kappa shape index (κ2) is 20.3. The zero-order chi connectivity index (χ0) is 22.5. The maximum Gasteiger partial charge on any atom is 0.303 e. The molecule has 180 valence electrons. The first-order chi connectivity index (χ1) is 14.4. The molecule has 0 rings (SSSR count). The van der Waals surface area contributed by atoms with Crippen molar-refractivity contribution in [3.63, 3.8) is 0 Å². The Labute approximate surface area is 188 Å². The Bertz CT molecular complexity index is 384. The number of carboxylic acid groups (broad SMARTS) is 1. The van der Waals surface area contributed by atoms with Gasteiger partial charge in [0, 0.05) is 13.0 Å². The molecule has 0 heterocycles. The number of carbonyl (C=O) groups is 1. The summed E-state index contributed by atoms with van der Waals surface area (Å²) in [4.78, 5) is 10.7. The van der Waals surface area contributed by atoms with Crippen LogP contribution in [0.15, 0.2) is 0 Å². The van der Waals surface area contributed by atoms with Gasteiger partial charge in [0.25, 0.3) is 0 Å². The third-order valence-electron chi connectivity index (χ3n) is 6.13. The van der Waals surface area contributed by atoms with E-state index in [1.165, 1.54) is 89.9 Å². The number of rotatable bonds is 23. The summed E-state index contributed by atoms with van der Waals surface area (Å²) < 4.78 is 6.83. The number of ether oxygens (including phenoxy) is 1. The summed E-state index contributed by atoms with van der Waals surface area (Å²) >= 11 is 0. The van der Waals surface area contributed by atoms with Gasteiger partial charge in [-0.15, -0.1) is 0 Å². The van der Waals surface area contributed by atoms with Crippen LogP contribution in [0.5, 0.6) is 0 Å². The molecule has 1 atom stereocenters. The highest BCUT2D eigenvalue weighted by atomic mass is 16.5. The molecular weight excluding hydrogens is 374 g/mol. The largest absolute Gasteiger partial charge is 0.481 e. The Hall–Kier alpha value is -0.610. The van der Waals surface area contributed by atoms with Gasteiger partial charge in [0.1, 0.15) is 12.6 Å². The molecule has 0 amide bonds. The zero-order valence-electron chi connectivity index (χ0n) is 20.9. The smallest absolute Gasteiger partial charge is 0.303 e. The minimum absolute atomic E-state index is 0.264. The van der Waals surface area contributed by atoms with E-state index in [4.69, 9.17) is 9.84 Å². The van der Waals surface area contributed by atoms with E-state index in [2.05, 4.69) is 27.9 Å². The molecule has 0 spiro atoms. The van der Waals surface area contributed by atoms with E-state index in [1.807, 2.05) is 0 Å². The van der Waals surface area contributed by atoms with Crippen molar-refractivity contribution in [2.45, 2.75) is 129 Å². The van der Waals surface area contributed by atoms with Gasteiger partial charge in [-0.1, -0.05) is 96.8 Å². The summed E-state index contributed by atoms with van der Waals surface area (Å²) in [5.74, 6) is -0.696. The fraction of sp³-hybridized carbons (Fsp3) is 0.962. The molecule has 4 heteroatoms. The van der Waals surface area contributed by atoms with Gasteiger partial charge < -0.3 is 14.3 Å². The van der Waals surface area contributed by atoms with E-state index in [0.29, 0.717) is 6.10 Å². The SMILES string of the molecule is CCCCCCCCCCCCCCCCC(C[N+](C)(C)CCCC(=O)O)OCC. The Balaban J connectivity index is 3.66. The van der Waals surface area contributed by atoms with Crippen molar-refractivity contribution in [2.24, 2.45) is 0 Å². The van der Waals surface area contributed by atoms with Crippen LogP contribution in [-0.2, 0) is 9.53 Å². The van der Waals surface area contributed by atoms with Gasteiger partial charge in [-0.3, -0.25) is 4.79 Å². The summed E-state index contributed by atoms with van der Waals surface area (Å²) in [6.45, 7) is 6.99. The molecule has 0 fully saturated rings. The molecule has 0 aliphatic carbocycles. The third kappa shape index (κ3) is 20.7. The molecule has 0 aromatic rings. The highest BCUT2D eigenvalue weighted by Crippen LogP contribution is 2.16. The van der Waals surface area contributed by atoms with Gasteiger partial charge in [-0.2, -0.15) is 0 Å². The fourth-order valence-electron chi connectivity index (χ4n) is 4.33. The Morgan fingerprint density at radius 3 is 1.67 bits per heavy atom.